The van der Waals surface area contributed by atoms with E-state index in [4.69, 9.17) is 10.00 Å². The van der Waals surface area contributed by atoms with Crippen molar-refractivity contribution in [1.29, 1.82) is 5.26 Å². The van der Waals surface area contributed by atoms with Crippen LogP contribution >= 0.6 is 0 Å². The molecule has 1 aliphatic rings. The third-order valence-corrected chi connectivity index (χ3v) is 1.58. The maximum absolute atomic E-state index is 9.48. The van der Waals surface area contributed by atoms with E-state index in [-0.39, 0.29) is 0 Å². The highest BCUT2D eigenvalue weighted by molar-refractivity contribution is 4.87. The van der Waals surface area contributed by atoms with Gasteiger partial charge in [-0.25, -0.2) is 0 Å². The highest BCUT2D eigenvalue weighted by Crippen LogP contribution is 2.16. The fourth-order valence-corrected chi connectivity index (χ4v) is 0.940. The van der Waals surface area contributed by atoms with Gasteiger partial charge in [0.1, 0.15) is 5.60 Å². The second-order valence-corrected chi connectivity index (χ2v) is 2.49. The number of nitrogens with zero attached hydrogens (tertiary/aromatic N) is 1. The first-order chi connectivity index (χ1) is 4.77. The van der Waals surface area contributed by atoms with Crippen LogP contribution in [0.1, 0.15) is 6.42 Å². The Labute approximate surface area is 59.4 Å². The van der Waals surface area contributed by atoms with Crippen molar-refractivity contribution in [3.63, 3.8) is 0 Å². The van der Waals surface area contributed by atoms with E-state index in [0.29, 0.717) is 26.2 Å². The molecule has 1 rings (SSSR count). The van der Waals surface area contributed by atoms with Crippen molar-refractivity contribution < 1.29 is 9.84 Å². The summed E-state index contributed by atoms with van der Waals surface area (Å²) >= 11 is 0. The van der Waals surface area contributed by atoms with Crippen LogP contribution < -0.4 is 5.32 Å². The molecule has 0 saturated carbocycles. The maximum atomic E-state index is 9.48. The van der Waals surface area contributed by atoms with Crippen molar-refractivity contribution in [2.75, 3.05) is 19.8 Å². The second-order valence-electron chi connectivity index (χ2n) is 2.49. The van der Waals surface area contributed by atoms with E-state index in [1.165, 1.54) is 0 Å². The second kappa shape index (κ2) is 2.86. The molecule has 1 saturated heterocycles. The van der Waals surface area contributed by atoms with E-state index in [9.17, 15) is 5.11 Å². The molecule has 0 spiro atoms. The minimum Gasteiger partial charge on any atom is -0.386 e. The SMILES string of the molecule is N#CNCC1(O)CCOC1. The van der Waals surface area contributed by atoms with Gasteiger partial charge in [-0.2, -0.15) is 5.26 Å². The van der Waals surface area contributed by atoms with Crippen LogP contribution in [0, 0.1) is 11.5 Å². The Morgan fingerprint density at radius 1 is 1.80 bits per heavy atom. The zero-order valence-corrected chi connectivity index (χ0v) is 5.63. The molecule has 0 aromatic heterocycles. The van der Waals surface area contributed by atoms with Gasteiger partial charge in [0.15, 0.2) is 6.19 Å². The predicted octanol–water partition coefficient (Wildman–Crippen LogP) is -0.792. The van der Waals surface area contributed by atoms with Crippen molar-refractivity contribution >= 4 is 0 Å². The third kappa shape index (κ3) is 1.59. The Hall–Kier alpha value is -0.790. The highest BCUT2D eigenvalue weighted by Gasteiger charge is 2.31. The number of rotatable bonds is 2. The van der Waals surface area contributed by atoms with E-state index in [1.54, 1.807) is 6.19 Å². The van der Waals surface area contributed by atoms with Crippen LogP contribution in [0.3, 0.4) is 0 Å². The molecule has 10 heavy (non-hydrogen) atoms. The Morgan fingerprint density at radius 3 is 3.10 bits per heavy atom. The number of nitrogens with one attached hydrogen (secondary N) is 1. The third-order valence-electron chi connectivity index (χ3n) is 1.58. The zero-order chi connectivity index (χ0) is 7.45. The first-order valence-corrected chi connectivity index (χ1v) is 3.19. The molecule has 4 heteroatoms. The number of aliphatic hydroxyl groups is 1. The molecule has 1 fully saturated rings. The predicted molar refractivity (Wildman–Crippen MR) is 34.0 cm³/mol. The van der Waals surface area contributed by atoms with Gasteiger partial charge in [0.2, 0.25) is 0 Å². The molecule has 56 valence electrons. The van der Waals surface area contributed by atoms with Gasteiger partial charge in [-0.05, 0) is 0 Å². The Bertz CT molecular complexity index is 146. The standard InChI is InChI=1S/C6H10N2O2/c7-5-8-3-6(9)1-2-10-4-6/h8-9H,1-4H2. The summed E-state index contributed by atoms with van der Waals surface area (Å²) < 4.78 is 4.96. The van der Waals surface area contributed by atoms with Gasteiger partial charge in [-0.1, -0.05) is 0 Å². The van der Waals surface area contributed by atoms with E-state index in [0.717, 1.165) is 0 Å². The lowest BCUT2D eigenvalue weighted by molar-refractivity contribution is 0.0302. The lowest BCUT2D eigenvalue weighted by Crippen LogP contribution is -2.39. The average molecular weight is 142 g/mol. The quantitative estimate of drug-likeness (QED) is 0.391. The lowest BCUT2D eigenvalue weighted by Gasteiger charge is -2.17. The summed E-state index contributed by atoms with van der Waals surface area (Å²) in [6, 6.07) is 0. The summed E-state index contributed by atoms with van der Waals surface area (Å²) in [4.78, 5) is 0. The van der Waals surface area contributed by atoms with Gasteiger partial charge < -0.3 is 15.2 Å². The smallest absolute Gasteiger partial charge is 0.176 e. The fraction of sp³-hybridized carbons (Fsp3) is 0.833. The molecular formula is C6H10N2O2. The summed E-state index contributed by atoms with van der Waals surface area (Å²) in [5.41, 5.74) is -0.810. The largest absolute Gasteiger partial charge is 0.386 e. The Morgan fingerprint density at radius 2 is 2.60 bits per heavy atom. The van der Waals surface area contributed by atoms with Crippen molar-refractivity contribution in [1.82, 2.24) is 5.32 Å². The van der Waals surface area contributed by atoms with Crippen molar-refractivity contribution in [2.45, 2.75) is 12.0 Å². The van der Waals surface area contributed by atoms with Crippen LogP contribution in [0.4, 0.5) is 0 Å². The molecule has 0 radical (unpaired) electrons. The van der Waals surface area contributed by atoms with Gasteiger partial charge in [-0.3, -0.25) is 0 Å². The summed E-state index contributed by atoms with van der Waals surface area (Å²) in [5.74, 6) is 0. The van der Waals surface area contributed by atoms with E-state index >= 15 is 0 Å². The van der Waals surface area contributed by atoms with Crippen LogP contribution in [-0.2, 0) is 4.74 Å². The zero-order valence-electron chi connectivity index (χ0n) is 5.63. The number of hydrogen-bond donors (Lipinski definition) is 2. The molecule has 1 heterocycles. The molecule has 4 nitrogen and oxygen atoms in total. The molecule has 2 N–H and O–H groups in total. The number of nitriles is 1. The van der Waals surface area contributed by atoms with E-state index in [1.807, 2.05) is 0 Å². The van der Waals surface area contributed by atoms with Crippen LogP contribution in [-0.4, -0.2) is 30.5 Å². The minimum atomic E-state index is -0.810. The van der Waals surface area contributed by atoms with E-state index in [2.05, 4.69) is 5.32 Å². The molecule has 1 aliphatic heterocycles. The van der Waals surface area contributed by atoms with Crippen LogP contribution in [0.15, 0.2) is 0 Å². The van der Waals surface area contributed by atoms with Gasteiger partial charge in [0.05, 0.1) is 13.2 Å². The van der Waals surface area contributed by atoms with Crippen LogP contribution in [0.2, 0.25) is 0 Å². The lowest BCUT2D eigenvalue weighted by atomic mass is 10.0. The van der Waals surface area contributed by atoms with Crippen molar-refractivity contribution in [3.8, 4) is 6.19 Å². The molecule has 0 aromatic rings. The molecular weight excluding hydrogens is 132 g/mol. The van der Waals surface area contributed by atoms with Gasteiger partial charge in [0.25, 0.3) is 0 Å². The summed E-state index contributed by atoms with van der Waals surface area (Å²) in [6.45, 7) is 1.22. The first-order valence-electron chi connectivity index (χ1n) is 3.19. The molecule has 0 amide bonds. The average Bonchev–Trinajstić information content (AvgIpc) is 2.33. The van der Waals surface area contributed by atoms with Gasteiger partial charge in [-0.15, -0.1) is 0 Å². The molecule has 0 bridgehead atoms. The van der Waals surface area contributed by atoms with Gasteiger partial charge in [0, 0.05) is 13.0 Å². The summed E-state index contributed by atoms with van der Waals surface area (Å²) in [6.07, 6.45) is 2.37. The minimum absolute atomic E-state index is 0.295. The highest BCUT2D eigenvalue weighted by atomic mass is 16.5. The van der Waals surface area contributed by atoms with Crippen LogP contribution in [0.25, 0.3) is 0 Å². The van der Waals surface area contributed by atoms with Crippen molar-refractivity contribution in [2.24, 2.45) is 0 Å². The fourth-order valence-electron chi connectivity index (χ4n) is 0.940. The number of hydrogen-bond acceptors (Lipinski definition) is 4. The molecule has 1 unspecified atom stereocenters. The summed E-state index contributed by atoms with van der Waals surface area (Å²) in [7, 11) is 0. The monoisotopic (exact) mass is 142 g/mol. The molecule has 0 aromatic carbocycles. The molecule has 0 aliphatic carbocycles. The van der Waals surface area contributed by atoms with Gasteiger partial charge >= 0.3 is 0 Å². The topological polar surface area (TPSA) is 65.3 Å². The summed E-state index contributed by atoms with van der Waals surface area (Å²) in [5, 5.41) is 20.0. The first kappa shape index (κ1) is 7.32. The van der Waals surface area contributed by atoms with Crippen molar-refractivity contribution in [3.05, 3.63) is 0 Å². The molecule has 1 atom stereocenters. The Balaban J connectivity index is 2.30. The number of ether oxygens (including phenoxy) is 1. The maximum Gasteiger partial charge on any atom is 0.176 e. The Kier molecular flexibility index (Phi) is 2.10. The van der Waals surface area contributed by atoms with Crippen LogP contribution in [0.5, 0.6) is 0 Å². The normalized spacial score (nSPS) is 31.6. The van der Waals surface area contributed by atoms with E-state index < -0.39 is 5.60 Å².